The highest BCUT2D eigenvalue weighted by atomic mass is 19.1. The number of benzene rings is 2. The van der Waals surface area contributed by atoms with Gasteiger partial charge in [0.25, 0.3) is 0 Å². The standard InChI is InChI=1S/C19H20F2N2O/c1-12-7-19(24-17-9-14(20)8-15(21)10-17)13(2)6-18(12)22-11-23(3)16-4-5-16/h6-11,16H,4-5H2,1-3H3/b22-11+. The predicted molar refractivity (Wildman–Crippen MR) is 91.3 cm³/mol. The summed E-state index contributed by atoms with van der Waals surface area (Å²) in [7, 11) is 2.03. The Morgan fingerprint density at radius 2 is 1.71 bits per heavy atom. The van der Waals surface area contributed by atoms with Crippen molar-refractivity contribution in [2.75, 3.05) is 7.05 Å². The highest BCUT2D eigenvalue weighted by Gasteiger charge is 2.24. The molecule has 0 bridgehead atoms. The van der Waals surface area contributed by atoms with E-state index in [1.165, 1.54) is 12.8 Å². The maximum Gasteiger partial charge on any atom is 0.133 e. The lowest BCUT2D eigenvalue weighted by atomic mass is 10.1. The Bertz CT molecular complexity index is 765. The van der Waals surface area contributed by atoms with Crippen LogP contribution in [0.5, 0.6) is 11.5 Å². The molecule has 0 amide bonds. The van der Waals surface area contributed by atoms with Gasteiger partial charge in [-0.3, -0.25) is 0 Å². The molecule has 24 heavy (non-hydrogen) atoms. The van der Waals surface area contributed by atoms with Crippen molar-refractivity contribution in [2.45, 2.75) is 32.7 Å². The maximum atomic E-state index is 13.3. The van der Waals surface area contributed by atoms with Crippen LogP contribution in [0.4, 0.5) is 14.5 Å². The van der Waals surface area contributed by atoms with E-state index in [9.17, 15) is 8.78 Å². The Kier molecular flexibility index (Phi) is 4.51. The molecule has 0 N–H and O–H groups in total. The van der Waals surface area contributed by atoms with Crippen LogP contribution in [0.25, 0.3) is 0 Å². The summed E-state index contributed by atoms with van der Waals surface area (Å²) >= 11 is 0. The van der Waals surface area contributed by atoms with E-state index in [1.807, 2.05) is 39.4 Å². The van der Waals surface area contributed by atoms with Gasteiger partial charge in [-0.15, -0.1) is 0 Å². The summed E-state index contributed by atoms with van der Waals surface area (Å²) < 4.78 is 32.2. The van der Waals surface area contributed by atoms with Crippen molar-refractivity contribution >= 4 is 12.0 Å². The third kappa shape index (κ3) is 3.91. The molecule has 1 saturated carbocycles. The molecule has 1 aliphatic rings. The second-order valence-corrected chi connectivity index (χ2v) is 6.25. The van der Waals surface area contributed by atoms with Crippen LogP contribution in [0, 0.1) is 25.5 Å². The molecule has 1 fully saturated rings. The molecule has 0 saturated heterocycles. The molecule has 0 spiro atoms. The van der Waals surface area contributed by atoms with Crippen LogP contribution in [0.15, 0.2) is 35.3 Å². The molecular formula is C19H20F2N2O. The van der Waals surface area contributed by atoms with Gasteiger partial charge in [0, 0.05) is 31.3 Å². The Morgan fingerprint density at radius 3 is 2.33 bits per heavy atom. The number of halogens is 2. The highest BCUT2D eigenvalue weighted by Crippen LogP contribution is 2.32. The first kappa shape index (κ1) is 16.4. The molecule has 126 valence electrons. The summed E-state index contributed by atoms with van der Waals surface area (Å²) in [6.07, 6.45) is 4.29. The van der Waals surface area contributed by atoms with Gasteiger partial charge in [-0.2, -0.15) is 0 Å². The van der Waals surface area contributed by atoms with Crippen molar-refractivity contribution in [1.82, 2.24) is 4.90 Å². The first-order valence-electron chi connectivity index (χ1n) is 7.93. The van der Waals surface area contributed by atoms with Crippen LogP contribution in [0.3, 0.4) is 0 Å². The van der Waals surface area contributed by atoms with Gasteiger partial charge in [0.2, 0.25) is 0 Å². The van der Waals surface area contributed by atoms with E-state index in [2.05, 4.69) is 9.89 Å². The van der Waals surface area contributed by atoms with Gasteiger partial charge in [0.15, 0.2) is 0 Å². The Balaban J connectivity index is 1.81. The van der Waals surface area contributed by atoms with Gasteiger partial charge < -0.3 is 9.64 Å². The normalized spacial score (nSPS) is 14.2. The van der Waals surface area contributed by atoms with Crippen LogP contribution in [0.2, 0.25) is 0 Å². The molecule has 3 rings (SSSR count). The third-order valence-electron chi connectivity index (χ3n) is 4.06. The molecule has 0 unspecified atom stereocenters. The molecular weight excluding hydrogens is 310 g/mol. The zero-order chi connectivity index (χ0) is 17.3. The number of rotatable bonds is 5. The lowest BCUT2D eigenvalue weighted by Gasteiger charge is -2.13. The van der Waals surface area contributed by atoms with Crippen molar-refractivity contribution < 1.29 is 13.5 Å². The Hall–Kier alpha value is -2.43. The van der Waals surface area contributed by atoms with Crippen molar-refractivity contribution in [3.05, 3.63) is 53.1 Å². The molecule has 2 aromatic carbocycles. The van der Waals surface area contributed by atoms with E-state index < -0.39 is 11.6 Å². The van der Waals surface area contributed by atoms with Crippen molar-refractivity contribution in [3.63, 3.8) is 0 Å². The largest absolute Gasteiger partial charge is 0.457 e. The minimum Gasteiger partial charge on any atom is -0.457 e. The average Bonchev–Trinajstić information content (AvgIpc) is 3.32. The Labute approximate surface area is 140 Å². The molecule has 0 heterocycles. The summed E-state index contributed by atoms with van der Waals surface area (Å²) in [5.41, 5.74) is 2.65. The molecule has 2 aromatic rings. The SMILES string of the molecule is Cc1cc(Oc2cc(F)cc(F)c2)c(C)cc1/N=C/N(C)C1CC1. The smallest absolute Gasteiger partial charge is 0.133 e. The van der Waals surface area contributed by atoms with Crippen LogP contribution >= 0.6 is 0 Å². The quantitative estimate of drug-likeness (QED) is 0.561. The van der Waals surface area contributed by atoms with E-state index in [4.69, 9.17) is 4.74 Å². The molecule has 1 aliphatic carbocycles. The average molecular weight is 330 g/mol. The number of ether oxygens (including phenoxy) is 1. The Morgan fingerprint density at radius 1 is 1.04 bits per heavy atom. The van der Waals surface area contributed by atoms with Crippen LogP contribution < -0.4 is 4.74 Å². The van der Waals surface area contributed by atoms with Gasteiger partial charge in [-0.05, 0) is 49.9 Å². The fourth-order valence-electron chi connectivity index (χ4n) is 2.47. The second kappa shape index (κ2) is 6.59. The molecule has 0 aromatic heterocycles. The van der Waals surface area contributed by atoms with Crippen molar-refractivity contribution in [3.8, 4) is 11.5 Å². The van der Waals surface area contributed by atoms with Crippen LogP contribution in [-0.4, -0.2) is 24.3 Å². The second-order valence-electron chi connectivity index (χ2n) is 6.25. The molecule has 5 heteroatoms. The summed E-state index contributed by atoms with van der Waals surface area (Å²) in [6, 6.07) is 7.50. The first-order chi connectivity index (χ1) is 11.4. The predicted octanol–water partition coefficient (Wildman–Crippen LogP) is 5.13. The van der Waals surface area contributed by atoms with E-state index in [0.717, 1.165) is 35.0 Å². The molecule has 3 nitrogen and oxygen atoms in total. The first-order valence-corrected chi connectivity index (χ1v) is 7.93. The zero-order valence-corrected chi connectivity index (χ0v) is 14.0. The summed E-state index contributed by atoms with van der Waals surface area (Å²) in [5, 5.41) is 0. The number of nitrogens with zero attached hydrogens (tertiary/aromatic N) is 2. The van der Waals surface area contributed by atoms with Crippen LogP contribution in [-0.2, 0) is 0 Å². The van der Waals surface area contributed by atoms with Gasteiger partial charge in [0.05, 0.1) is 12.0 Å². The van der Waals surface area contributed by atoms with E-state index >= 15 is 0 Å². The molecule has 0 atom stereocenters. The number of aliphatic imine (C=N–C) groups is 1. The summed E-state index contributed by atoms with van der Waals surface area (Å²) in [4.78, 5) is 6.65. The topological polar surface area (TPSA) is 24.8 Å². The third-order valence-corrected chi connectivity index (χ3v) is 4.06. The van der Waals surface area contributed by atoms with E-state index in [-0.39, 0.29) is 5.75 Å². The van der Waals surface area contributed by atoms with Gasteiger partial charge in [-0.1, -0.05) is 0 Å². The number of aryl methyl sites for hydroxylation is 2. The fourth-order valence-corrected chi connectivity index (χ4v) is 2.47. The number of hydrogen-bond donors (Lipinski definition) is 0. The highest BCUT2D eigenvalue weighted by molar-refractivity contribution is 5.65. The lowest BCUT2D eigenvalue weighted by molar-refractivity contribution is 0.465. The number of hydrogen-bond acceptors (Lipinski definition) is 2. The maximum absolute atomic E-state index is 13.3. The van der Waals surface area contributed by atoms with Gasteiger partial charge >= 0.3 is 0 Å². The fraction of sp³-hybridized carbons (Fsp3) is 0.316. The monoisotopic (exact) mass is 330 g/mol. The minimum absolute atomic E-state index is 0.139. The van der Waals surface area contributed by atoms with Crippen molar-refractivity contribution in [2.24, 2.45) is 4.99 Å². The minimum atomic E-state index is -0.663. The van der Waals surface area contributed by atoms with Gasteiger partial charge in [-0.25, -0.2) is 13.8 Å². The zero-order valence-electron chi connectivity index (χ0n) is 14.0. The van der Waals surface area contributed by atoms with E-state index in [0.29, 0.717) is 11.8 Å². The van der Waals surface area contributed by atoms with Crippen LogP contribution in [0.1, 0.15) is 24.0 Å². The van der Waals surface area contributed by atoms with E-state index in [1.54, 1.807) is 0 Å². The molecule has 0 radical (unpaired) electrons. The summed E-state index contributed by atoms with van der Waals surface area (Å²) in [5.74, 6) is -0.626. The lowest BCUT2D eigenvalue weighted by Crippen LogP contribution is -2.17. The van der Waals surface area contributed by atoms with Gasteiger partial charge in [0.1, 0.15) is 23.1 Å². The summed E-state index contributed by atoms with van der Waals surface area (Å²) in [6.45, 7) is 3.82. The van der Waals surface area contributed by atoms with Crippen molar-refractivity contribution in [1.29, 1.82) is 0 Å². The molecule has 0 aliphatic heterocycles.